The first-order chi connectivity index (χ1) is 12.9. The lowest BCUT2D eigenvalue weighted by Crippen LogP contribution is -2.48. The van der Waals surface area contributed by atoms with Crippen molar-refractivity contribution in [3.05, 3.63) is 52.4 Å². The first-order valence-electron chi connectivity index (χ1n) is 9.94. The van der Waals surface area contributed by atoms with Crippen molar-refractivity contribution in [3.63, 3.8) is 0 Å². The maximum atomic E-state index is 12.5. The molecule has 0 aliphatic carbocycles. The quantitative estimate of drug-likeness (QED) is 0.779. The zero-order chi connectivity index (χ0) is 19.4. The van der Waals surface area contributed by atoms with Gasteiger partial charge < -0.3 is 9.42 Å². The molecule has 5 heteroatoms. The number of rotatable bonds is 6. The van der Waals surface area contributed by atoms with E-state index in [1.54, 1.807) is 0 Å². The van der Waals surface area contributed by atoms with Gasteiger partial charge in [-0.1, -0.05) is 43.3 Å². The van der Waals surface area contributed by atoms with E-state index in [1.165, 1.54) is 11.1 Å². The Morgan fingerprint density at radius 2 is 1.78 bits per heavy atom. The minimum Gasteiger partial charge on any atom is -0.361 e. The molecule has 3 rings (SSSR count). The summed E-state index contributed by atoms with van der Waals surface area (Å²) < 4.78 is 5.18. The minimum atomic E-state index is 0.232. The molecule has 1 aromatic heterocycles. The van der Waals surface area contributed by atoms with Crippen LogP contribution in [0, 0.1) is 13.8 Å². The average molecular weight is 370 g/mol. The summed E-state index contributed by atoms with van der Waals surface area (Å²) in [7, 11) is 0. The molecule has 2 heterocycles. The summed E-state index contributed by atoms with van der Waals surface area (Å²) in [5.74, 6) is 1.63. The predicted molar refractivity (Wildman–Crippen MR) is 107 cm³/mol. The van der Waals surface area contributed by atoms with Gasteiger partial charge in [-0.15, -0.1) is 0 Å². The highest BCUT2D eigenvalue weighted by atomic mass is 16.5. The van der Waals surface area contributed by atoms with Crippen molar-refractivity contribution in [1.82, 2.24) is 15.0 Å². The standard InChI is InChI=1S/C22H31N3O2/c1-16(2)20-7-5-19(6-8-20)15-24-11-13-25(14-12-24)22(26)10-9-21-17(3)23-27-18(21)4/h5-8,16H,9-15H2,1-4H3. The molecule has 146 valence electrons. The summed E-state index contributed by atoms with van der Waals surface area (Å²) in [4.78, 5) is 17.0. The van der Waals surface area contributed by atoms with Gasteiger partial charge in [0.25, 0.3) is 0 Å². The number of amides is 1. The van der Waals surface area contributed by atoms with Crippen LogP contribution in [0.15, 0.2) is 28.8 Å². The molecule has 1 aliphatic heterocycles. The molecule has 1 amide bonds. The maximum Gasteiger partial charge on any atom is 0.222 e. The van der Waals surface area contributed by atoms with Gasteiger partial charge in [0.15, 0.2) is 0 Å². The average Bonchev–Trinajstić information content (AvgIpc) is 2.98. The molecule has 0 N–H and O–H groups in total. The summed E-state index contributed by atoms with van der Waals surface area (Å²) in [6.45, 7) is 12.7. The van der Waals surface area contributed by atoms with Gasteiger partial charge in [-0.3, -0.25) is 9.69 Å². The summed E-state index contributed by atoms with van der Waals surface area (Å²) in [5, 5.41) is 3.96. The zero-order valence-electron chi connectivity index (χ0n) is 17.0. The van der Waals surface area contributed by atoms with E-state index >= 15 is 0 Å². The predicted octanol–water partition coefficient (Wildman–Crippen LogP) is 3.69. The van der Waals surface area contributed by atoms with E-state index in [0.717, 1.165) is 49.7 Å². The largest absolute Gasteiger partial charge is 0.361 e. The van der Waals surface area contributed by atoms with Gasteiger partial charge in [-0.05, 0) is 37.3 Å². The zero-order valence-corrected chi connectivity index (χ0v) is 17.0. The maximum absolute atomic E-state index is 12.5. The smallest absolute Gasteiger partial charge is 0.222 e. The van der Waals surface area contributed by atoms with Crippen molar-refractivity contribution in [2.45, 2.75) is 53.0 Å². The van der Waals surface area contributed by atoms with Crippen molar-refractivity contribution >= 4 is 5.91 Å². The van der Waals surface area contributed by atoms with Gasteiger partial charge in [0.2, 0.25) is 5.91 Å². The van der Waals surface area contributed by atoms with Gasteiger partial charge in [-0.25, -0.2) is 0 Å². The van der Waals surface area contributed by atoms with Crippen molar-refractivity contribution in [1.29, 1.82) is 0 Å². The molecule has 27 heavy (non-hydrogen) atoms. The molecule has 0 spiro atoms. The number of aryl methyl sites for hydroxylation is 2. The Morgan fingerprint density at radius 3 is 2.33 bits per heavy atom. The third-order valence-electron chi connectivity index (χ3n) is 5.55. The molecule has 1 aliphatic rings. The number of aromatic nitrogens is 1. The first-order valence-corrected chi connectivity index (χ1v) is 9.94. The van der Waals surface area contributed by atoms with Crippen LogP contribution in [0.2, 0.25) is 0 Å². The van der Waals surface area contributed by atoms with Crippen molar-refractivity contribution < 1.29 is 9.32 Å². The molecule has 1 aromatic carbocycles. The number of hydrogen-bond acceptors (Lipinski definition) is 4. The molecule has 1 saturated heterocycles. The Bertz CT molecular complexity index is 737. The van der Waals surface area contributed by atoms with Crippen LogP contribution >= 0.6 is 0 Å². The Hall–Kier alpha value is -2.14. The van der Waals surface area contributed by atoms with E-state index in [9.17, 15) is 4.79 Å². The Kier molecular flexibility index (Phi) is 6.32. The van der Waals surface area contributed by atoms with Gasteiger partial charge >= 0.3 is 0 Å². The van der Waals surface area contributed by atoms with Gasteiger partial charge in [0, 0.05) is 44.7 Å². The van der Waals surface area contributed by atoms with Gasteiger partial charge in [0.1, 0.15) is 5.76 Å². The van der Waals surface area contributed by atoms with Crippen molar-refractivity contribution in [2.24, 2.45) is 0 Å². The van der Waals surface area contributed by atoms with Crippen molar-refractivity contribution in [3.8, 4) is 0 Å². The van der Waals surface area contributed by atoms with Gasteiger partial charge in [0.05, 0.1) is 5.69 Å². The second-order valence-electron chi connectivity index (χ2n) is 7.86. The molecular weight excluding hydrogens is 338 g/mol. The van der Waals surface area contributed by atoms with Crippen LogP contribution in [0.5, 0.6) is 0 Å². The molecule has 0 atom stereocenters. The van der Waals surface area contributed by atoms with E-state index in [0.29, 0.717) is 18.8 Å². The number of carbonyl (C=O) groups is 1. The van der Waals surface area contributed by atoms with Crippen LogP contribution in [-0.2, 0) is 17.8 Å². The topological polar surface area (TPSA) is 49.6 Å². The van der Waals surface area contributed by atoms with E-state index in [2.05, 4.69) is 48.2 Å². The van der Waals surface area contributed by atoms with Crippen LogP contribution in [-0.4, -0.2) is 47.0 Å². The molecular formula is C22H31N3O2. The van der Waals surface area contributed by atoms with Crippen LogP contribution in [0.3, 0.4) is 0 Å². The van der Waals surface area contributed by atoms with Crippen LogP contribution in [0.25, 0.3) is 0 Å². The van der Waals surface area contributed by atoms with Crippen LogP contribution in [0.4, 0.5) is 0 Å². The molecule has 2 aromatic rings. The fourth-order valence-electron chi connectivity index (χ4n) is 3.67. The lowest BCUT2D eigenvalue weighted by molar-refractivity contribution is -0.133. The van der Waals surface area contributed by atoms with Crippen LogP contribution < -0.4 is 0 Å². The van der Waals surface area contributed by atoms with E-state index < -0.39 is 0 Å². The Morgan fingerprint density at radius 1 is 1.11 bits per heavy atom. The normalized spacial score (nSPS) is 15.5. The monoisotopic (exact) mass is 369 g/mol. The number of carbonyl (C=O) groups excluding carboxylic acids is 1. The fraction of sp³-hybridized carbons (Fsp3) is 0.545. The van der Waals surface area contributed by atoms with E-state index in [-0.39, 0.29) is 5.91 Å². The highest BCUT2D eigenvalue weighted by molar-refractivity contribution is 5.76. The van der Waals surface area contributed by atoms with Crippen molar-refractivity contribution in [2.75, 3.05) is 26.2 Å². The van der Waals surface area contributed by atoms with E-state index in [1.807, 2.05) is 18.7 Å². The fourth-order valence-corrected chi connectivity index (χ4v) is 3.67. The Balaban J connectivity index is 1.44. The highest BCUT2D eigenvalue weighted by Crippen LogP contribution is 2.17. The summed E-state index contributed by atoms with van der Waals surface area (Å²) >= 11 is 0. The second-order valence-corrected chi connectivity index (χ2v) is 7.86. The molecule has 0 radical (unpaired) electrons. The van der Waals surface area contributed by atoms with E-state index in [4.69, 9.17) is 4.52 Å². The SMILES string of the molecule is Cc1noc(C)c1CCC(=O)N1CCN(Cc2ccc(C(C)C)cc2)CC1. The molecule has 0 bridgehead atoms. The highest BCUT2D eigenvalue weighted by Gasteiger charge is 2.21. The van der Waals surface area contributed by atoms with Gasteiger partial charge in [-0.2, -0.15) is 0 Å². The summed E-state index contributed by atoms with van der Waals surface area (Å²) in [6.07, 6.45) is 1.24. The molecule has 0 saturated carbocycles. The lowest BCUT2D eigenvalue weighted by Gasteiger charge is -2.35. The number of hydrogen-bond donors (Lipinski definition) is 0. The molecule has 1 fully saturated rings. The number of piperazine rings is 1. The Labute approximate surface area is 162 Å². The molecule has 0 unspecified atom stereocenters. The number of nitrogens with zero attached hydrogens (tertiary/aromatic N) is 3. The third kappa shape index (κ3) is 4.98. The number of benzene rings is 1. The first kappa shape index (κ1) is 19.6. The molecule has 5 nitrogen and oxygen atoms in total. The lowest BCUT2D eigenvalue weighted by atomic mass is 10.0. The minimum absolute atomic E-state index is 0.232. The van der Waals surface area contributed by atoms with Crippen LogP contribution in [0.1, 0.15) is 54.3 Å². The summed E-state index contributed by atoms with van der Waals surface area (Å²) in [5.41, 5.74) is 4.70. The second kappa shape index (κ2) is 8.70. The summed E-state index contributed by atoms with van der Waals surface area (Å²) in [6, 6.07) is 8.93. The third-order valence-corrected chi connectivity index (χ3v) is 5.55.